The van der Waals surface area contributed by atoms with Gasteiger partial charge < -0.3 is 4.43 Å². The maximum Gasteiger partial charge on any atom is 0.247 e. The van der Waals surface area contributed by atoms with Crippen molar-refractivity contribution in [1.82, 2.24) is 0 Å². The van der Waals surface area contributed by atoms with Gasteiger partial charge in [0.25, 0.3) is 0 Å². The summed E-state index contributed by atoms with van der Waals surface area (Å²) in [6.07, 6.45) is 7.84. The highest BCUT2D eigenvalue weighted by Gasteiger charge is 2.20. The zero-order valence-electron chi connectivity index (χ0n) is 5.68. The van der Waals surface area contributed by atoms with Crippen LogP contribution in [0, 0.1) is 0 Å². The van der Waals surface area contributed by atoms with Crippen molar-refractivity contribution in [2.75, 3.05) is 0 Å². The van der Waals surface area contributed by atoms with Gasteiger partial charge in [-0.25, -0.2) is 0 Å². The second-order valence-electron chi connectivity index (χ2n) is 2.71. The molecule has 0 aromatic carbocycles. The molecular weight excluding hydrogens is 128 g/mol. The summed E-state index contributed by atoms with van der Waals surface area (Å²) in [5.74, 6) is 0. The monoisotopic (exact) mass is 139 g/mol. The van der Waals surface area contributed by atoms with E-state index in [1.807, 2.05) is 0 Å². The Morgan fingerprint density at radius 2 is 2.44 bits per heavy atom. The van der Waals surface area contributed by atoms with Crippen LogP contribution in [0.25, 0.3) is 0 Å². The van der Waals surface area contributed by atoms with Crippen molar-refractivity contribution in [3.63, 3.8) is 0 Å². The Hall–Kier alpha value is -0.0831. The van der Waals surface area contributed by atoms with Gasteiger partial charge in [0, 0.05) is 0 Å². The lowest BCUT2D eigenvalue weighted by Crippen LogP contribution is -2.26. The van der Waals surface area contributed by atoms with E-state index in [-0.39, 0.29) is 5.60 Å². The minimum Gasteiger partial charge on any atom is -0.410 e. The minimum atomic E-state index is -0.0465. The van der Waals surface area contributed by atoms with Crippen LogP contribution in [-0.2, 0) is 4.43 Å². The third-order valence-electron chi connectivity index (χ3n) is 1.75. The van der Waals surface area contributed by atoms with Crippen molar-refractivity contribution in [3.05, 3.63) is 12.2 Å². The lowest BCUT2D eigenvalue weighted by molar-refractivity contribution is 0.137. The summed E-state index contributed by atoms with van der Waals surface area (Å²) in [6, 6.07) is 0. The molecule has 0 bridgehead atoms. The van der Waals surface area contributed by atoms with Crippen LogP contribution in [0.5, 0.6) is 0 Å². The van der Waals surface area contributed by atoms with E-state index in [2.05, 4.69) is 29.6 Å². The van der Waals surface area contributed by atoms with Crippen LogP contribution in [0.1, 0.15) is 26.2 Å². The van der Waals surface area contributed by atoms with Gasteiger partial charge >= 0.3 is 0 Å². The quantitative estimate of drug-likeness (QED) is 0.396. The van der Waals surface area contributed by atoms with Crippen LogP contribution in [0.15, 0.2) is 12.2 Å². The molecule has 0 aliphatic heterocycles. The Balaban J connectivity index is 2.56. The predicted octanol–water partition coefficient (Wildman–Crippen LogP) is 1.59. The molecular formula is C7H11OSi. The molecule has 0 aromatic heterocycles. The second kappa shape index (κ2) is 2.67. The summed E-state index contributed by atoms with van der Waals surface area (Å²) in [5.41, 5.74) is -0.0465. The van der Waals surface area contributed by atoms with Crippen molar-refractivity contribution < 1.29 is 4.43 Å². The highest BCUT2D eigenvalue weighted by Crippen LogP contribution is 2.23. The van der Waals surface area contributed by atoms with Crippen LogP contribution in [-0.4, -0.2) is 16.1 Å². The molecule has 1 rings (SSSR count). The van der Waals surface area contributed by atoms with Gasteiger partial charge in [0.15, 0.2) is 0 Å². The fraction of sp³-hybridized carbons (Fsp3) is 0.714. The highest BCUT2D eigenvalue weighted by atomic mass is 28.2. The molecule has 0 saturated carbocycles. The van der Waals surface area contributed by atoms with Crippen LogP contribution < -0.4 is 0 Å². The van der Waals surface area contributed by atoms with E-state index >= 15 is 0 Å². The normalized spacial score (nSPS) is 34.9. The lowest BCUT2D eigenvalue weighted by Gasteiger charge is -2.27. The van der Waals surface area contributed by atoms with E-state index in [1.165, 1.54) is 12.8 Å². The van der Waals surface area contributed by atoms with Crippen LogP contribution in [0.2, 0.25) is 0 Å². The average molecular weight is 139 g/mol. The summed E-state index contributed by atoms with van der Waals surface area (Å²) in [6.45, 7) is 2.08. The molecule has 3 radical (unpaired) electrons. The molecule has 0 heterocycles. The molecule has 0 amide bonds. The standard InChI is InChI=1S/C7H11OSi/c1-7(8-9)5-3-2-4-6-7/h3,5H,2,4,6H2,1H3. The van der Waals surface area contributed by atoms with Gasteiger partial charge in [-0.3, -0.25) is 0 Å². The first-order valence-electron chi connectivity index (χ1n) is 3.29. The second-order valence-corrected chi connectivity index (χ2v) is 2.91. The molecule has 49 valence electrons. The smallest absolute Gasteiger partial charge is 0.247 e. The molecule has 1 aliphatic rings. The van der Waals surface area contributed by atoms with Crippen molar-refractivity contribution in [2.45, 2.75) is 31.8 Å². The zero-order valence-corrected chi connectivity index (χ0v) is 6.68. The van der Waals surface area contributed by atoms with E-state index < -0.39 is 0 Å². The first-order chi connectivity index (χ1) is 4.27. The lowest BCUT2D eigenvalue weighted by atomic mass is 9.93. The summed E-state index contributed by atoms with van der Waals surface area (Å²) in [7, 11) is 3.06. The van der Waals surface area contributed by atoms with E-state index in [1.54, 1.807) is 0 Å². The number of rotatable bonds is 1. The van der Waals surface area contributed by atoms with Crippen LogP contribution in [0.4, 0.5) is 0 Å². The van der Waals surface area contributed by atoms with E-state index in [4.69, 9.17) is 4.43 Å². The summed E-state index contributed by atoms with van der Waals surface area (Å²) in [4.78, 5) is 0. The number of hydrogen-bond acceptors (Lipinski definition) is 1. The average Bonchev–Trinajstić information content (AvgIpc) is 1.90. The largest absolute Gasteiger partial charge is 0.410 e. The molecule has 1 atom stereocenters. The predicted molar refractivity (Wildman–Crippen MR) is 38.2 cm³/mol. The Morgan fingerprint density at radius 3 is 2.78 bits per heavy atom. The van der Waals surface area contributed by atoms with Crippen molar-refractivity contribution in [3.8, 4) is 0 Å². The highest BCUT2D eigenvalue weighted by molar-refractivity contribution is 5.98. The maximum atomic E-state index is 5.10. The SMILES string of the molecule is CC1(O[Si])C=CCCC1. The maximum absolute atomic E-state index is 5.10. The Morgan fingerprint density at radius 1 is 1.67 bits per heavy atom. The van der Waals surface area contributed by atoms with Crippen LogP contribution in [0.3, 0.4) is 0 Å². The summed E-state index contributed by atoms with van der Waals surface area (Å²) >= 11 is 0. The van der Waals surface area contributed by atoms with Crippen molar-refractivity contribution in [2.24, 2.45) is 0 Å². The van der Waals surface area contributed by atoms with Crippen molar-refractivity contribution in [1.29, 1.82) is 0 Å². The minimum absolute atomic E-state index is 0.0465. The van der Waals surface area contributed by atoms with Gasteiger partial charge in [0.2, 0.25) is 10.5 Å². The molecule has 0 N–H and O–H groups in total. The van der Waals surface area contributed by atoms with Crippen molar-refractivity contribution >= 4 is 10.5 Å². The fourth-order valence-electron chi connectivity index (χ4n) is 1.07. The van der Waals surface area contributed by atoms with Gasteiger partial charge in [-0.05, 0) is 26.2 Å². The van der Waals surface area contributed by atoms with E-state index in [0.29, 0.717) is 0 Å². The molecule has 0 spiro atoms. The third kappa shape index (κ3) is 1.66. The van der Waals surface area contributed by atoms with E-state index in [0.717, 1.165) is 6.42 Å². The van der Waals surface area contributed by atoms with E-state index in [9.17, 15) is 0 Å². The fourth-order valence-corrected chi connectivity index (χ4v) is 1.24. The zero-order chi connectivity index (χ0) is 6.74. The summed E-state index contributed by atoms with van der Waals surface area (Å²) in [5, 5.41) is 0. The van der Waals surface area contributed by atoms with Crippen LogP contribution >= 0.6 is 0 Å². The summed E-state index contributed by atoms with van der Waals surface area (Å²) < 4.78 is 5.10. The molecule has 1 nitrogen and oxygen atoms in total. The Bertz CT molecular complexity index is 122. The van der Waals surface area contributed by atoms with Gasteiger partial charge in [-0.1, -0.05) is 12.2 Å². The van der Waals surface area contributed by atoms with Gasteiger partial charge in [0.05, 0.1) is 5.60 Å². The van der Waals surface area contributed by atoms with Gasteiger partial charge in [0.1, 0.15) is 0 Å². The molecule has 0 fully saturated rings. The molecule has 0 saturated heterocycles. The van der Waals surface area contributed by atoms with Gasteiger partial charge in [-0.15, -0.1) is 0 Å². The first-order valence-corrected chi connectivity index (χ1v) is 3.70. The van der Waals surface area contributed by atoms with Gasteiger partial charge in [-0.2, -0.15) is 0 Å². The molecule has 0 aromatic rings. The molecule has 9 heavy (non-hydrogen) atoms. The first kappa shape index (κ1) is 7.03. The number of allylic oxidation sites excluding steroid dienone is 1. The number of hydrogen-bond donors (Lipinski definition) is 0. The molecule has 1 aliphatic carbocycles. The molecule has 1 unspecified atom stereocenters. The molecule has 2 heteroatoms. The topological polar surface area (TPSA) is 9.23 Å². The third-order valence-corrected chi connectivity index (χ3v) is 2.21. The Labute approximate surface area is 59.6 Å². The Kier molecular flexibility index (Phi) is 2.08.